The number of hydrogen-bond acceptors (Lipinski definition) is 6. The van der Waals surface area contributed by atoms with Gasteiger partial charge in [0.25, 0.3) is 0 Å². The molecule has 0 saturated carbocycles. The van der Waals surface area contributed by atoms with Crippen molar-refractivity contribution in [3.05, 3.63) is 29.8 Å². The summed E-state index contributed by atoms with van der Waals surface area (Å²) >= 11 is 0. The molecule has 0 saturated heterocycles. The van der Waals surface area contributed by atoms with Crippen LogP contribution in [0.25, 0.3) is 6.08 Å². The Morgan fingerprint density at radius 2 is 1.95 bits per heavy atom. The summed E-state index contributed by atoms with van der Waals surface area (Å²) in [5.74, 6) is 0.384. The summed E-state index contributed by atoms with van der Waals surface area (Å²) in [7, 11) is 3.02. The van der Waals surface area contributed by atoms with Crippen molar-refractivity contribution in [3.63, 3.8) is 0 Å². The highest BCUT2D eigenvalue weighted by molar-refractivity contribution is 5.88. The molecule has 6 nitrogen and oxygen atoms in total. The highest BCUT2D eigenvalue weighted by Crippen LogP contribution is 2.31. The molecule has 1 rings (SSSR count). The Morgan fingerprint density at radius 3 is 2.50 bits per heavy atom. The second kappa shape index (κ2) is 8.19. The van der Waals surface area contributed by atoms with Crippen LogP contribution in [0.1, 0.15) is 5.56 Å². The molecule has 0 unspecified atom stereocenters. The van der Waals surface area contributed by atoms with Gasteiger partial charge in [0.1, 0.15) is 6.10 Å². The molecule has 0 aliphatic carbocycles. The standard InChI is InChI=1S/C14H18O6/c1-18-12-5-3-4-10(14(12)19-2)6-7-13(17)20-11(8-15)9-16/h3-7,11,15-16H,8-9H2,1-2H3/b7-6+. The quantitative estimate of drug-likeness (QED) is 0.563. The van der Waals surface area contributed by atoms with Crippen LogP contribution in [0, 0.1) is 0 Å². The summed E-state index contributed by atoms with van der Waals surface area (Å²) in [6.07, 6.45) is 1.78. The molecule has 0 atom stereocenters. The van der Waals surface area contributed by atoms with E-state index < -0.39 is 25.3 Å². The Balaban J connectivity index is 2.82. The number of aliphatic hydroxyl groups excluding tert-OH is 2. The Bertz CT molecular complexity index is 465. The van der Waals surface area contributed by atoms with Gasteiger partial charge in [-0.05, 0) is 12.1 Å². The number of carbonyl (C=O) groups is 1. The molecule has 0 amide bonds. The van der Waals surface area contributed by atoms with Gasteiger partial charge in [-0.2, -0.15) is 0 Å². The first-order valence-corrected chi connectivity index (χ1v) is 5.97. The smallest absolute Gasteiger partial charge is 0.331 e. The van der Waals surface area contributed by atoms with Gasteiger partial charge in [0.05, 0.1) is 27.4 Å². The number of hydrogen-bond donors (Lipinski definition) is 2. The van der Waals surface area contributed by atoms with Crippen LogP contribution in [0.5, 0.6) is 11.5 Å². The van der Waals surface area contributed by atoms with Gasteiger partial charge in [-0.1, -0.05) is 12.1 Å². The van der Waals surface area contributed by atoms with Gasteiger partial charge in [0, 0.05) is 11.6 Å². The van der Waals surface area contributed by atoms with Gasteiger partial charge < -0.3 is 24.4 Å². The molecule has 0 aromatic heterocycles. The molecule has 0 heterocycles. The third kappa shape index (κ3) is 4.25. The van der Waals surface area contributed by atoms with Crippen LogP contribution in [-0.4, -0.2) is 49.7 Å². The van der Waals surface area contributed by atoms with E-state index >= 15 is 0 Å². The van der Waals surface area contributed by atoms with Crippen LogP contribution < -0.4 is 9.47 Å². The second-order valence-corrected chi connectivity index (χ2v) is 3.84. The van der Waals surface area contributed by atoms with Gasteiger partial charge in [-0.15, -0.1) is 0 Å². The molecule has 0 fully saturated rings. The number of para-hydroxylation sites is 1. The van der Waals surface area contributed by atoms with E-state index in [1.54, 1.807) is 18.2 Å². The highest BCUT2D eigenvalue weighted by atomic mass is 16.6. The van der Waals surface area contributed by atoms with E-state index in [9.17, 15) is 4.79 Å². The maximum atomic E-state index is 11.5. The molecule has 0 aliphatic rings. The molecule has 1 aromatic rings. The molecule has 110 valence electrons. The first-order valence-electron chi connectivity index (χ1n) is 5.97. The zero-order valence-corrected chi connectivity index (χ0v) is 11.4. The fraction of sp³-hybridized carbons (Fsp3) is 0.357. The van der Waals surface area contributed by atoms with Crippen LogP contribution >= 0.6 is 0 Å². The minimum atomic E-state index is -0.917. The fourth-order valence-electron chi connectivity index (χ4n) is 1.54. The molecule has 20 heavy (non-hydrogen) atoms. The van der Waals surface area contributed by atoms with Gasteiger partial charge in [-0.3, -0.25) is 0 Å². The van der Waals surface area contributed by atoms with Gasteiger partial charge >= 0.3 is 5.97 Å². The Hall–Kier alpha value is -2.05. The predicted octanol–water partition coefficient (Wildman–Crippen LogP) is 0.613. The van der Waals surface area contributed by atoms with E-state index in [4.69, 9.17) is 24.4 Å². The predicted molar refractivity (Wildman–Crippen MR) is 72.6 cm³/mol. The maximum absolute atomic E-state index is 11.5. The third-order valence-electron chi connectivity index (χ3n) is 2.52. The minimum Gasteiger partial charge on any atom is -0.493 e. The van der Waals surface area contributed by atoms with E-state index in [2.05, 4.69) is 0 Å². The fourth-order valence-corrected chi connectivity index (χ4v) is 1.54. The molecule has 0 aliphatic heterocycles. The number of methoxy groups -OCH3 is 2. The molecule has 0 radical (unpaired) electrons. The van der Waals surface area contributed by atoms with Gasteiger partial charge in [0.15, 0.2) is 11.5 Å². The SMILES string of the molecule is COc1cccc(/C=C/C(=O)OC(CO)CO)c1OC. The topological polar surface area (TPSA) is 85.2 Å². The second-order valence-electron chi connectivity index (χ2n) is 3.84. The van der Waals surface area contributed by atoms with Gasteiger partial charge in [0.2, 0.25) is 0 Å². The zero-order chi connectivity index (χ0) is 15.0. The van der Waals surface area contributed by atoms with Crippen LogP contribution in [0.3, 0.4) is 0 Å². The Kier molecular flexibility index (Phi) is 6.55. The molecule has 1 aromatic carbocycles. The summed E-state index contributed by atoms with van der Waals surface area (Å²) in [5.41, 5.74) is 0.647. The highest BCUT2D eigenvalue weighted by Gasteiger charge is 2.11. The minimum absolute atomic E-state index is 0.432. The largest absolute Gasteiger partial charge is 0.493 e. The number of aliphatic hydroxyl groups is 2. The van der Waals surface area contributed by atoms with E-state index in [0.717, 1.165) is 0 Å². The summed E-state index contributed by atoms with van der Waals surface area (Å²) in [4.78, 5) is 11.5. The summed E-state index contributed by atoms with van der Waals surface area (Å²) in [5, 5.41) is 17.6. The van der Waals surface area contributed by atoms with Crippen LogP contribution in [0.2, 0.25) is 0 Å². The summed E-state index contributed by atoms with van der Waals surface area (Å²) in [6, 6.07) is 5.25. The average molecular weight is 282 g/mol. The van der Waals surface area contributed by atoms with E-state index in [-0.39, 0.29) is 0 Å². The number of carbonyl (C=O) groups excluding carboxylic acids is 1. The average Bonchev–Trinajstić information content (AvgIpc) is 2.49. The number of esters is 1. The number of ether oxygens (including phenoxy) is 3. The monoisotopic (exact) mass is 282 g/mol. The zero-order valence-electron chi connectivity index (χ0n) is 11.4. The van der Waals surface area contributed by atoms with Crippen LogP contribution in [0.15, 0.2) is 24.3 Å². The van der Waals surface area contributed by atoms with Crippen molar-refractivity contribution in [3.8, 4) is 11.5 Å². The summed E-state index contributed by atoms with van der Waals surface area (Å²) in [6.45, 7) is -0.864. The molecule has 0 bridgehead atoms. The number of benzene rings is 1. The lowest BCUT2D eigenvalue weighted by atomic mass is 10.1. The molecular formula is C14H18O6. The van der Waals surface area contributed by atoms with Crippen LogP contribution in [0.4, 0.5) is 0 Å². The molecule has 6 heteroatoms. The third-order valence-corrected chi connectivity index (χ3v) is 2.52. The van der Waals surface area contributed by atoms with E-state index in [1.807, 2.05) is 0 Å². The summed E-state index contributed by atoms with van der Waals surface area (Å²) < 4.78 is 15.2. The Labute approximate surface area is 117 Å². The first-order chi connectivity index (χ1) is 9.65. The normalized spacial score (nSPS) is 10.8. The van der Waals surface area contributed by atoms with Crippen molar-refractivity contribution in [2.45, 2.75) is 6.10 Å². The maximum Gasteiger partial charge on any atom is 0.331 e. The lowest BCUT2D eigenvalue weighted by Crippen LogP contribution is -2.24. The lowest BCUT2D eigenvalue weighted by molar-refractivity contribution is -0.147. The van der Waals surface area contributed by atoms with Crippen molar-refractivity contribution in [2.75, 3.05) is 27.4 Å². The lowest BCUT2D eigenvalue weighted by Gasteiger charge is -2.11. The number of rotatable bonds is 7. The molecular weight excluding hydrogens is 264 g/mol. The molecule has 0 spiro atoms. The van der Waals surface area contributed by atoms with Crippen molar-refractivity contribution < 1.29 is 29.2 Å². The first kappa shape index (κ1) is 16.0. The van der Waals surface area contributed by atoms with E-state index in [0.29, 0.717) is 17.1 Å². The van der Waals surface area contributed by atoms with E-state index in [1.165, 1.54) is 26.4 Å². The van der Waals surface area contributed by atoms with Crippen molar-refractivity contribution in [1.82, 2.24) is 0 Å². The van der Waals surface area contributed by atoms with Crippen LogP contribution in [-0.2, 0) is 9.53 Å². The van der Waals surface area contributed by atoms with Gasteiger partial charge in [-0.25, -0.2) is 4.79 Å². The molecule has 2 N–H and O–H groups in total. The van der Waals surface area contributed by atoms with Crippen molar-refractivity contribution >= 4 is 12.0 Å². The van der Waals surface area contributed by atoms with Crippen molar-refractivity contribution in [2.24, 2.45) is 0 Å². The Morgan fingerprint density at radius 1 is 1.25 bits per heavy atom. The van der Waals surface area contributed by atoms with Crippen molar-refractivity contribution in [1.29, 1.82) is 0 Å².